The lowest BCUT2D eigenvalue weighted by Crippen LogP contribution is -2.02. The minimum Gasteiger partial charge on any atom is -0.504 e. The zero-order chi connectivity index (χ0) is 31.1. The van der Waals surface area contributed by atoms with E-state index in [-0.39, 0.29) is 11.7 Å². The van der Waals surface area contributed by atoms with Crippen molar-refractivity contribution in [2.75, 3.05) is 13.7 Å². The van der Waals surface area contributed by atoms with E-state index in [1.807, 2.05) is 0 Å². The number of aromatic hydroxyl groups is 1. The summed E-state index contributed by atoms with van der Waals surface area (Å²) in [7, 11) is 1.50. The van der Waals surface area contributed by atoms with Crippen LogP contribution in [0.25, 0.3) is 6.08 Å². The van der Waals surface area contributed by atoms with Crippen molar-refractivity contribution in [3.8, 4) is 11.5 Å². The van der Waals surface area contributed by atoms with Gasteiger partial charge >= 0.3 is 5.97 Å². The second-order valence-electron chi connectivity index (χ2n) is 12.6. The Kier molecular flexibility index (Phi) is 27.3. The lowest BCUT2D eigenvalue weighted by Gasteiger charge is -2.05. The highest BCUT2D eigenvalue weighted by Crippen LogP contribution is 2.26. The van der Waals surface area contributed by atoms with Crippen molar-refractivity contribution < 1.29 is 19.4 Å². The topological polar surface area (TPSA) is 55.8 Å². The second-order valence-corrected chi connectivity index (χ2v) is 12.6. The Morgan fingerprint density at radius 3 is 1.35 bits per heavy atom. The molecule has 1 rings (SSSR count). The molecule has 0 aliphatic carbocycles. The smallest absolute Gasteiger partial charge is 0.330 e. The Hall–Kier alpha value is -1.97. The molecule has 1 aromatic rings. The van der Waals surface area contributed by atoms with Gasteiger partial charge in [-0.25, -0.2) is 4.79 Å². The molecule has 0 atom stereocenters. The Bertz CT molecular complexity index is 787. The van der Waals surface area contributed by atoms with Gasteiger partial charge < -0.3 is 14.6 Å². The van der Waals surface area contributed by atoms with Gasteiger partial charge in [-0.3, -0.25) is 0 Å². The molecule has 0 amide bonds. The number of carbonyl (C=O) groups is 1. The summed E-state index contributed by atoms with van der Waals surface area (Å²) in [6.45, 7) is 2.77. The van der Waals surface area contributed by atoms with E-state index in [0.29, 0.717) is 12.4 Å². The summed E-state index contributed by atoms with van der Waals surface area (Å²) in [6.07, 6.45) is 40.6. The van der Waals surface area contributed by atoms with Gasteiger partial charge in [0.05, 0.1) is 13.7 Å². The first kappa shape index (κ1) is 39.1. The van der Waals surface area contributed by atoms with Gasteiger partial charge in [0, 0.05) is 6.08 Å². The first-order valence-corrected chi connectivity index (χ1v) is 18.4. The molecular weight excluding hydrogens is 532 g/mol. The minimum absolute atomic E-state index is 0.0816. The Morgan fingerprint density at radius 1 is 0.605 bits per heavy atom. The van der Waals surface area contributed by atoms with E-state index >= 15 is 0 Å². The summed E-state index contributed by atoms with van der Waals surface area (Å²) >= 11 is 0. The van der Waals surface area contributed by atoms with Gasteiger partial charge in [-0.05, 0) is 30.2 Å². The summed E-state index contributed by atoms with van der Waals surface area (Å²) in [6, 6.07) is 4.96. The lowest BCUT2D eigenvalue weighted by molar-refractivity contribution is -0.137. The fraction of sp³-hybridized carbons (Fsp3) is 0.769. The van der Waals surface area contributed by atoms with Crippen LogP contribution in [0.5, 0.6) is 11.5 Å². The Balaban J connectivity index is 1.74. The van der Waals surface area contributed by atoms with E-state index in [2.05, 4.69) is 6.92 Å². The molecule has 0 spiro atoms. The zero-order valence-electron chi connectivity index (χ0n) is 28.4. The van der Waals surface area contributed by atoms with Crippen molar-refractivity contribution in [2.24, 2.45) is 0 Å². The third-order valence-corrected chi connectivity index (χ3v) is 8.61. The maximum atomic E-state index is 11.9. The van der Waals surface area contributed by atoms with Crippen LogP contribution in [0.2, 0.25) is 0 Å². The number of carbonyl (C=O) groups excluding carboxylic acids is 1. The average Bonchev–Trinajstić information content (AvgIpc) is 3.02. The number of esters is 1. The van der Waals surface area contributed by atoms with E-state index < -0.39 is 0 Å². The van der Waals surface area contributed by atoms with E-state index in [4.69, 9.17) is 9.47 Å². The molecule has 0 saturated carbocycles. The molecule has 43 heavy (non-hydrogen) atoms. The molecule has 0 saturated heterocycles. The van der Waals surface area contributed by atoms with Crippen LogP contribution in [0, 0.1) is 0 Å². The summed E-state index contributed by atoms with van der Waals surface area (Å²) < 4.78 is 10.4. The van der Waals surface area contributed by atoms with E-state index in [1.54, 1.807) is 24.3 Å². The predicted molar refractivity (Wildman–Crippen MR) is 185 cm³/mol. The highest BCUT2D eigenvalue weighted by molar-refractivity contribution is 5.87. The number of hydrogen-bond acceptors (Lipinski definition) is 4. The van der Waals surface area contributed by atoms with Crippen LogP contribution in [0.4, 0.5) is 0 Å². The molecule has 4 heteroatoms. The van der Waals surface area contributed by atoms with Gasteiger partial charge in [-0.1, -0.05) is 180 Å². The maximum absolute atomic E-state index is 11.9. The number of benzene rings is 1. The van der Waals surface area contributed by atoms with Crippen molar-refractivity contribution in [2.45, 2.75) is 180 Å². The Labute approximate surface area is 266 Å². The van der Waals surface area contributed by atoms with Crippen molar-refractivity contribution in [3.05, 3.63) is 29.8 Å². The number of methoxy groups -OCH3 is 1. The van der Waals surface area contributed by atoms with Gasteiger partial charge in [-0.15, -0.1) is 0 Å². The van der Waals surface area contributed by atoms with Gasteiger partial charge in [0.2, 0.25) is 0 Å². The van der Waals surface area contributed by atoms with Gasteiger partial charge in [0.15, 0.2) is 11.5 Å². The molecule has 0 aliphatic heterocycles. The van der Waals surface area contributed by atoms with Gasteiger partial charge in [0.25, 0.3) is 0 Å². The molecule has 0 unspecified atom stereocenters. The molecule has 0 aliphatic rings. The molecular formula is C39H68O4. The largest absolute Gasteiger partial charge is 0.504 e. The van der Waals surface area contributed by atoms with Gasteiger partial charge in [-0.2, -0.15) is 0 Å². The van der Waals surface area contributed by atoms with Crippen LogP contribution in [-0.4, -0.2) is 24.8 Å². The highest BCUT2D eigenvalue weighted by atomic mass is 16.5. The normalized spacial score (nSPS) is 11.4. The summed E-state index contributed by atoms with van der Waals surface area (Å²) in [5, 5.41) is 9.63. The SMILES string of the molecule is CCCCCCCCCCCCCCCCCCCCCCCCCCCCCOC(=O)C=Cc1ccc(O)c(OC)c1. The maximum Gasteiger partial charge on any atom is 0.330 e. The quantitative estimate of drug-likeness (QED) is 0.0523. The predicted octanol–water partition coefficient (Wildman–Crippen LogP) is 12.5. The highest BCUT2D eigenvalue weighted by Gasteiger charge is 2.02. The number of hydrogen-bond donors (Lipinski definition) is 1. The number of phenolic OH excluding ortho intramolecular Hbond substituents is 1. The molecule has 0 fully saturated rings. The standard InChI is InChI=1S/C39H68O4/c1-3-4-5-6-7-8-9-10-11-12-13-14-15-16-17-18-19-20-21-22-23-24-25-26-27-28-29-34-43-39(41)33-31-36-30-32-37(40)38(35-36)42-2/h30-33,35,40H,3-29,34H2,1-2H3. The molecule has 0 radical (unpaired) electrons. The lowest BCUT2D eigenvalue weighted by atomic mass is 10.0. The minimum atomic E-state index is -0.332. The third kappa shape index (κ3) is 25.1. The van der Waals surface area contributed by atoms with Gasteiger partial charge in [0.1, 0.15) is 0 Å². The molecule has 1 aromatic carbocycles. The molecule has 248 valence electrons. The molecule has 1 N–H and O–H groups in total. The summed E-state index contributed by atoms with van der Waals surface area (Å²) in [5.41, 5.74) is 0.780. The van der Waals surface area contributed by atoms with E-state index in [9.17, 15) is 9.90 Å². The van der Waals surface area contributed by atoms with Crippen LogP contribution in [-0.2, 0) is 9.53 Å². The van der Waals surface area contributed by atoms with Crippen LogP contribution in [0.3, 0.4) is 0 Å². The van der Waals surface area contributed by atoms with E-state index in [0.717, 1.165) is 18.4 Å². The first-order chi connectivity index (χ1) is 21.2. The fourth-order valence-electron chi connectivity index (χ4n) is 5.78. The van der Waals surface area contributed by atoms with Crippen LogP contribution >= 0.6 is 0 Å². The molecule has 0 aromatic heterocycles. The Morgan fingerprint density at radius 2 is 0.977 bits per heavy atom. The number of unbranched alkanes of at least 4 members (excludes halogenated alkanes) is 26. The summed E-state index contributed by atoms with van der Waals surface area (Å²) in [5.74, 6) is 0.135. The average molecular weight is 601 g/mol. The van der Waals surface area contributed by atoms with Crippen LogP contribution in [0.1, 0.15) is 186 Å². The number of ether oxygens (including phenoxy) is 2. The number of phenols is 1. The number of rotatable bonds is 31. The second kappa shape index (κ2) is 30.1. The summed E-state index contributed by atoms with van der Waals surface area (Å²) in [4.78, 5) is 11.9. The van der Waals surface area contributed by atoms with Crippen molar-refractivity contribution in [1.29, 1.82) is 0 Å². The molecule has 4 nitrogen and oxygen atoms in total. The van der Waals surface area contributed by atoms with Crippen LogP contribution in [0.15, 0.2) is 24.3 Å². The van der Waals surface area contributed by atoms with Crippen LogP contribution < -0.4 is 4.74 Å². The van der Waals surface area contributed by atoms with Crippen molar-refractivity contribution in [3.63, 3.8) is 0 Å². The third-order valence-electron chi connectivity index (χ3n) is 8.61. The first-order valence-electron chi connectivity index (χ1n) is 18.4. The zero-order valence-corrected chi connectivity index (χ0v) is 28.4. The monoisotopic (exact) mass is 601 g/mol. The fourth-order valence-corrected chi connectivity index (χ4v) is 5.78. The van der Waals surface area contributed by atoms with E-state index in [1.165, 1.54) is 174 Å². The molecule has 0 heterocycles. The molecule has 0 bridgehead atoms. The van der Waals surface area contributed by atoms with Crippen molar-refractivity contribution in [1.82, 2.24) is 0 Å². The van der Waals surface area contributed by atoms with Crippen molar-refractivity contribution >= 4 is 12.0 Å².